The second-order valence-electron chi connectivity index (χ2n) is 6.86. The molecule has 2 rings (SSSR count). The number of nitrogens with one attached hydrogen (secondary N) is 2. The molecule has 0 spiro atoms. The molecule has 7 heteroatoms. The van der Waals surface area contributed by atoms with Crippen LogP contribution in [0.2, 0.25) is 0 Å². The first kappa shape index (κ1) is 21.9. The number of amides is 2. The van der Waals surface area contributed by atoms with Crippen LogP contribution >= 0.6 is 0 Å². The number of urea groups is 1. The van der Waals surface area contributed by atoms with Crippen LogP contribution in [0, 0.1) is 5.92 Å². The summed E-state index contributed by atoms with van der Waals surface area (Å²) in [5, 5.41) is 5.27. The van der Waals surface area contributed by atoms with Crippen molar-refractivity contribution in [1.29, 1.82) is 0 Å². The Morgan fingerprint density at radius 2 is 1.52 bits per heavy atom. The van der Waals surface area contributed by atoms with Crippen molar-refractivity contribution in [3.8, 4) is 5.75 Å². The number of para-hydroxylation sites is 1. The molecule has 0 saturated heterocycles. The molecule has 29 heavy (non-hydrogen) atoms. The molecule has 2 atom stereocenters. The van der Waals surface area contributed by atoms with E-state index >= 15 is 0 Å². The van der Waals surface area contributed by atoms with Gasteiger partial charge in [0.2, 0.25) is 5.78 Å². The number of carbonyl (C=O) groups excluding carboxylic acids is 3. The Morgan fingerprint density at radius 3 is 2.07 bits per heavy atom. The molecule has 0 bridgehead atoms. The molecule has 0 aliphatic rings. The molecule has 154 valence electrons. The number of ether oxygens (including phenoxy) is 2. The summed E-state index contributed by atoms with van der Waals surface area (Å²) < 4.78 is 10.4. The summed E-state index contributed by atoms with van der Waals surface area (Å²) in [7, 11) is 1.54. The van der Waals surface area contributed by atoms with Crippen LogP contribution in [0.1, 0.15) is 31.1 Å². The summed E-state index contributed by atoms with van der Waals surface area (Å²) >= 11 is 0. The molecule has 0 heterocycles. The number of anilines is 1. The maximum absolute atomic E-state index is 12.6. The zero-order chi connectivity index (χ0) is 21.4. The second-order valence-corrected chi connectivity index (χ2v) is 6.86. The van der Waals surface area contributed by atoms with E-state index in [1.54, 1.807) is 62.4 Å². The number of rotatable bonds is 8. The van der Waals surface area contributed by atoms with Crippen LogP contribution in [0.15, 0.2) is 54.6 Å². The number of esters is 1. The molecule has 2 aromatic rings. The highest BCUT2D eigenvalue weighted by atomic mass is 16.5. The Bertz CT molecular complexity index is 834. The molecular formula is C22H26N2O5. The Morgan fingerprint density at radius 1 is 0.897 bits per heavy atom. The van der Waals surface area contributed by atoms with Gasteiger partial charge in [0.05, 0.1) is 7.11 Å². The van der Waals surface area contributed by atoms with Gasteiger partial charge in [0.15, 0.2) is 6.10 Å². The van der Waals surface area contributed by atoms with E-state index < -0.39 is 24.1 Å². The van der Waals surface area contributed by atoms with E-state index in [4.69, 9.17) is 9.47 Å². The Labute approximate surface area is 170 Å². The molecule has 2 N–H and O–H groups in total. The van der Waals surface area contributed by atoms with Gasteiger partial charge in [-0.3, -0.25) is 4.79 Å². The van der Waals surface area contributed by atoms with Crippen LogP contribution in [-0.4, -0.2) is 37.0 Å². The monoisotopic (exact) mass is 398 g/mol. The number of hydrogen-bond donors (Lipinski definition) is 2. The molecule has 0 aromatic heterocycles. The first-order chi connectivity index (χ1) is 13.8. The Hall–Kier alpha value is -3.35. The van der Waals surface area contributed by atoms with Gasteiger partial charge in [-0.15, -0.1) is 0 Å². The van der Waals surface area contributed by atoms with Gasteiger partial charge in [0.25, 0.3) is 0 Å². The number of hydrogen-bond acceptors (Lipinski definition) is 5. The normalized spacial score (nSPS) is 12.6. The molecule has 0 unspecified atom stereocenters. The fourth-order valence-corrected chi connectivity index (χ4v) is 2.62. The quantitative estimate of drug-likeness (QED) is 0.523. The summed E-state index contributed by atoms with van der Waals surface area (Å²) in [5.41, 5.74) is 1.01. The van der Waals surface area contributed by atoms with Gasteiger partial charge in [-0.25, -0.2) is 9.59 Å². The maximum Gasteiger partial charge on any atom is 0.329 e. The summed E-state index contributed by atoms with van der Waals surface area (Å²) in [4.78, 5) is 37.3. The van der Waals surface area contributed by atoms with Crippen LogP contribution < -0.4 is 15.4 Å². The Kier molecular flexibility index (Phi) is 7.77. The predicted molar refractivity (Wildman–Crippen MR) is 110 cm³/mol. The van der Waals surface area contributed by atoms with E-state index in [-0.39, 0.29) is 11.7 Å². The molecule has 2 aromatic carbocycles. The van der Waals surface area contributed by atoms with Crippen LogP contribution in [0.4, 0.5) is 10.5 Å². The summed E-state index contributed by atoms with van der Waals surface area (Å²) in [6.45, 7) is 5.07. The highest BCUT2D eigenvalue weighted by Crippen LogP contribution is 2.15. The fourth-order valence-electron chi connectivity index (χ4n) is 2.62. The number of Topliss-reactive ketones (excluding diaryl/α,β-unsaturated/α-hetero) is 1. The number of methoxy groups -OCH3 is 1. The first-order valence-electron chi connectivity index (χ1n) is 9.33. The smallest absolute Gasteiger partial charge is 0.329 e. The lowest BCUT2D eigenvalue weighted by Gasteiger charge is -2.23. The van der Waals surface area contributed by atoms with Crippen molar-refractivity contribution in [1.82, 2.24) is 5.32 Å². The second kappa shape index (κ2) is 10.3. The van der Waals surface area contributed by atoms with Gasteiger partial charge >= 0.3 is 12.0 Å². The number of benzene rings is 2. The fraction of sp³-hybridized carbons (Fsp3) is 0.318. The van der Waals surface area contributed by atoms with Crippen LogP contribution in [0.3, 0.4) is 0 Å². The van der Waals surface area contributed by atoms with Crippen molar-refractivity contribution in [3.05, 3.63) is 60.2 Å². The molecule has 7 nitrogen and oxygen atoms in total. The first-order valence-corrected chi connectivity index (χ1v) is 9.33. The zero-order valence-electron chi connectivity index (χ0n) is 17.0. The molecule has 0 saturated carbocycles. The van der Waals surface area contributed by atoms with Crippen LogP contribution in [0.5, 0.6) is 5.75 Å². The van der Waals surface area contributed by atoms with E-state index in [9.17, 15) is 14.4 Å². The number of ketones is 1. The van der Waals surface area contributed by atoms with Crippen LogP contribution in [0.25, 0.3) is 0 Å². The standard InChI is InChI=1S/C22H26N2O5/c1-14(2)19(24-22(27)23-17-8-6-5-7-9-17)21(26)29-15(3)20(25)16-10-12-18(28-4)13-11-16/h5-15,19H,1-4H3,(H2,23,24,27)/t15-,19-/m0/s1. The zero-order valence-corrected chi connectivity index (χ0v) is 17.0. The minimum absolute atomic E-state index is 0.229. The lowest BCUT2D eigenvalue weighted by atomic mass is 10.0. The lowest BCUT2D eigenvalue weighted by Crippen LogP contribution is -2.48. The van der Waals surface area contributed by atoms with Crippen molar-refractivity contribution in [3.63, 3.8) is 0 Å². The van der Waals surface area contributed by atoms with Crippen molar-refractivity contribution in [2.45, 2.75) is 32.9 Å². The van der Waals surface area contributed by atoms with Gasteiger partial charge < -0.3 is 20.1 Å². The molecular weight excluding hydrogens is 372 g/mol. The third-order valence-electron chi connectivity index (χ3n) is 4.28. The van der Waals surface area contributed by atoms with Gasteiger partial charge in [0, 0.05) is 11.3 Å². The average molecular weight is 398 g/mol. The van der Waals surface area contributed by atoms with Crippen molar-refractivity contribution in [2.75, 3.05) is 12.4 Å². The SMILES string of the molecule is COc1ccc(C(=O)[C@H](C)OC(=O)[C@@H](NC(=O)Nc2ccccc2)C(C)C)cc1. The van der Waals surface area contributed by atoms with E-state index in [0.29, 0.717) is 17.0 Å². The van der Waals surface area contributed by atoms with Crippen LogP contribution in [-0.2, 0) is 9.53 Å². The van der Waals surface area contributed by atoms with Crippen molar-refractivity contribution in [2.24, 2.45) is 5.92 Å². The molecule has 0 aliphatic carbocycles. The minimum atomic E-state index is -0.990. The van der Waals surface area contributed by atoms with Crippen molar-refractivity contribution < 1.29 is 23.9 Å². The van der Waals surface area contributed by atoms with Gasteiger partial charge in [-0.05, 0) is 49.2 Å². The van der Waals surface area contributed by atoms with Gasteiger partial charge in [0.1, 0.15) is 11.8 Å². The van der Waals surface area contributed by atoms with E-state index in [0.717, 1.165) is 0 Å². The molecule has 2 amide bonds. The molecule has 0 aliphatic heterocycles. The van der Waals surface area contributed by atoms with Crippen molar-refractivity contribution >= 4 is 23.5 Å². The maximum atomic E-state index is 12.6. The lowest BCUT2D eigenvalue weighted by molar-refractivity contribution is -0.149. The minimum Gasteiger partial charge on any atom is -0.497 e. The van der Waals surface area contributed by atoms with E-state index in [1.807, 2.05) is 6.07 Å². The number of carbonyl (C=O) groups is 3. The molecule has 0 fully saturated rings. The topological polar surface area (TPSA) is 93.7 Å². The summed E-state index contributed by atoms with van der Waals surface area (Å²) in [6.07, 6.45) is -0.990. The molecule has 0 radical (unpaired) electrons. The third kappa shape index (κ3) is 6.34. The van der Waals surface area contributed by atoms with Gasteiger partial charge in [-0.2, -0.15) is 0 Å². The predicted octanol–water partition coefficient (Wildman–Crippen LogP) is 3.66. The summed E-state index contributed by atoms with van der Waals surface area (Å²) in [5.74, 6) is -0.609. The van der Waals surface area contributed by atoms with E-state index in [2.05, 4.69) is 10.6 Å². The van der Waals surface area contributed by atoms with Gasteiger partial charge in [-0.1, -0.05) is 32.0 Å². The highest BCUT2D eigenvalue weighted by molar-refractivity contribution is 6.00. The highest BCUT2D eigenvalue weighted by Gasteiger charge is 2.29. The Balaban J connectivity index is 1.98. The largest absolute Gasteiger partial charge is 0.497 e. The summed E-state index contributed by atoms with van der Waals surface area (Å²) in [6, 6.07) is 14.0. The third-order valence-corrected chi connectivity index (χ3v) is 4.28. The average Bonchev–Trinajstić information content (AvgIpc) is 2.71. The van der Waals surface area contributed by atoms with E-state index in [1.165, 1.54) is 14.0 Å².